The Labute approximate surface area is 144 Å². The third-order valence-electron chi connectivity index (χ3n) is 4.06. The lowest BCUT2D eigenvalue weighted by atomic mass is 9.96. The normalized spacial score (nSPS) is 13.6. The van der Waals surface area contributed by atoms with Gasteiger partial charge in [0.25, 0.3) is 0 Å². The molecule has 0 aliphatic heterocycles. The number of hydrogen-bond acceptors (Lipinski definition) is 6. The van der Waals surface area contributed by atoms with Gasteiger partial charge in [-0.05, 0) is 13.0 Å². The van der Waals surface area contributed by atoms with Gasteiger partial charge in [-0.15, -0.1) is 0 Å². The van der Waals surface area contributed by atoms with Crippen LogP contribution < -0.4 is 0 Å². The summed E-state index contributed by atoms with van der Waals surface area (Å²) in [6.07, 6.45) is 5.89. The lowest BCUT2D eigenvalue weighted by Crippen LogP contribution is -2.13. The van der Waals surface area contributed by atoms with E-state index in [4.69, 9.17) is 0 Å². The molecular formula is C17H20N8. The first-order valence-corrected chi connectivity index (χ1v) is 8.29. The number of fused-ring (bicyclic) bond motifs is 2. The number of imidazole rings is 1. The van der Waals surface area contributed by atoms with Crippen LogP contribution in [0.1, 0.15) is 45.3 Å². The molecule has 0 amide bonds. The molecule has 0 saturated heterocycles. The molecule has 0 spiro atoms. The zero-order valence-corrected chi connectivity index (χ0v) is 14.7. The molecular weight excluding hydrogens is 316 g/mol. The smallest absolute Gasteiger partial charge is 0.197 e. The second kappa shape index (κ2) is 5.58. The van der Waals surface area contributed by atoms with Crippen molar-refractivity contribution in [3.8, 4) is 0 Å². The van der Waals surface area contributed by atoms with Crippen LogP contribution >= 0.6 is 0 Å². The van der Waals surface area contributed by atoms with Crippen molar-refractivity contribution in [3.63, 3.8) is 0 Å². The van der Waals surface area contributed by atoms with Crippen molar-refractivity contribution >= 4 is 22.3 Å². The monoisotopic (exact) mass is 336 g/mol. The van der Waals surface area contributed by atoms with Gasteiger partial charge in [-0.1, -0.05) is 20.8 Å². The second-order valence-electron chi connectivity index (χ2n) is 7.31. The van der Waals surface area contributed by atoms with Crippen molar-refractivity contribution in [3.05, 3.63) is 36.2 Å². The fraction of sp³-hybridized carbons (Fsp3) is 0.412. The van der Waals surface area contributed by atoms with Crippen LogP contribution in [0.5, 0.6) is 0 Å². The van der Waals surface area contributed by atoms with Crippen molar-refractivity contribution in [1.29, 1.82) is 0 Å². The Morgan fingerprint density at radius 2 is 1.92 bits per heavy atom. The van der Waals surface area contributed by atoms with Gasteiger partial charge in [0.1, 0.15) is 16.9 Å². The van der Waals surface area contributed by atoms with Crippen molar-refractivity contribution in [1.82, 2.24) is 39.9 Å². The van der Waals surface area contributed by atoms with E-state index >= 15 is 0 Å². The number of aromatic nitrogens is 8. The largest absolute Gasteiger partial charge is 0.325 e. The maximum Gasteiger partial charge on any atom is 0.197 e. The predicted octanol–water partition coefficient (Wildman–Crippen LogP) is 2.59. The molecule has 0 aliphatic carbocycles. The number of rotatable bonds is 3. The summed E-state index contributed by atoms with van der Waals surface area (Å²) in [5, 5.41) is 8.99. The highest BCUT2D eigenvalue weighted by molar-refractivity contribution is 5.71. The molecule has 4 rings (SSSR count). The number of nitrogens with one attached hydrogen (secondary N) is 1. The van der Waals surface area contributed by atoms with E-state index in [1.165, 1.54) is 0 Å². The summed E-state index contributed by atoms with van der Waals surface area (Å²) in [7, 11) is 0. The van der Waals surface area contributed by atoms with Gasteiger partial charge in [-0.25, -0.2) is 15.0 Å². The fourth-order valence-corrected chi connectivity index (χ4v) is 2.65. The molecule has 1 N–H and O–H groups in total. The average Bonchev–Trinajstić information content (AvgIpc) is 3.18. The van der Waals surface area contributed by atoms with Crippen LogP contribution in [0, 0.1) is 0 Å². The summed E-state index contributed by atoms with van der Waals surface area (Å²) in [4.78, 5) is 22.7. The van der Waals surface area contributed by atoms with Gasteiger partial charge in [0, 0.05) is 18.0 Å². The summed E-state index contributed by atoms with van der Waals surface area (Å²) in [5.74, 6) is 0.889. The first-order chi connectivity index (χ1) is 11.9. The molecule has 4 aromatic heterocycles. The van der Waals surface area contributed by atoms with E-state index < -0.39 is 0 Å². The molecule has 4 heterocycles. The lowest BCUT2D eigenvalue weighted by molar-refractivity contribution is 0.433. The highest BCUT2D eigenvalue weighted by Gasteiger charge is 2.20. The zero-order chi connectivity index (χ0) is 17.6. The predicted molar refractivity (Wildman–Crippen MR) is 94.1 cm³/mol. The summed E-state index contributed by atoms with van der Waals surface area (Å²) in [5.41, 5.74) is 3.81. The quantitative estimate of drug-likeness (QED) is 0.617. The summed E-state index contributed by atoms with van der Waals surface area (Å²) < 4.78 is 0. The Morgan fingerprint density at radius 1 is 1.12 bits per heavy atom. The molecule has 8 heteroatoms. The van der Waals surface area contributed by atoms with Gasteiger partial charge in [0.15, 0.2) is 11.3 Å². The van der Waals surface area contributed by atoms with Crippen LogP contribution in [0.2, 0.25) is 0 Å². The van der Waals surface area contributed by atoms with Gasteiger partial charge >= 0.3 is 0 Å². The Morgan fingerprint density at radius 3 is 2.68 bits per heavy atom. The highest BCUT2D eigenvalue weighted by atomic mass is 15.5. The van der Waals surface area contributed by atoms with E-state index in [0.717, 1.165) is 28.2 Å². The van der Waals surface area contributed by atoms with Gasteiger partial charge in [0.2, 0.25) is 0 Å². The molecule has 0 radical (unpaired) electrons. The van der Waals surface area contributed by atoms with Crippen LogP contribution in [0.15, 0.2) is 24.7 Å². The van der Waals surface area contributed by atoms with Crippen LogP contribution in [-0.2, 0) is 11.8 Å². The van der Waals surface area contributed by atoms with E-state index in [1.54, 1.807) is 23.4 Å². The highest BCUT2D eigenvalue weighted by Crippen LogP contribution is 2.21. The number of H-pyrrole nitrogens is 1. The minimum absolute atomic E-state index is 0.0594. The van der Waals surface area contributed by atoms with Crippen molar-refractivity contribution in [2.24, 2.45) is 0 Å². The van der Waals surface area contributed by atoms with Gasteiger partial charge in [0.05, 0.1) is 24.1 Å². The summed E-state index contributed by atoms with van der Waals surface area (Å²) in [6, 6.07) is 1.92. The fourth-order valence-electron chi connectivity index (χ4n) is 2.65. The molecule has 0 fully saturated rings. The molecule has 4 aromatic rings. The minimum atomic E-state index is -0.0665. The zero-order valence-electron chi connectivity index (χ0n) is 14.7. The van der Waals surface area contributed by atoms with Crippen LogP contribution in [0.25, 0.3) is 22.3 Å². The van der Waals surface area contributed by atoms with Gasteiger partial charge in [-0.2, -0.15) is 15.0 Å². The molecule has 0 bridgehead atoms. The molecule has 0 aliphatic rings. The number of aromatic amines is 1. The summed E-state index contributed by atoms with van der Waals surface area (Å²) in [6.45, 7) is 8.38. The Balaban J connectivity index is 1.61. The first-order valence-electron chi connectivity index (χ1n) is 8.29. The molecule has 128 valence electrons. The van der Waals surface area contributed by atoms with Gasteiger partial charge in [-0.3, -0.25) is 4.98 Å². The standard InChI is InChI=1S/C17H20N8/c1-10(25-23-12-5-6-18-9-13(12)24-25)7-11-8-19-14-15(20-11)22-16(21-14)17(2,3)4/h5-6,8-10H,7H2,1-4H3,(H,19,20,21,22). The third-order valence-corrected chi connectivity index (χ3v) is 4.06. The maximum atomic E-state index is 4.67. The third kappa shape index (κ3) is 2.95. The van der Waals surface area contributed by atoms with Crippen LogP contribution in [0.3, 0.4) is 0 Å². The molecule has 0 saturated carbocycles. The van der Waals surface area contributed by atoms with E-state index in [0.29, 0.717) is 12.1 Å². The van der Waals surface area contributed by atoms with E-state index in [1.807, 2.05) is 6.07 Å². The van der Waals surface area contributed by atoms with E-state index in [2.05, 4.69) is 62.8 Å². The first kappa shape index (κ1) is 15.6. The molecule has 25 heavy (non-hydrogen) atoms. The molecule has 1 unspecified atom stereocenters. The number of hydrogen-bond donors (Lipinski definition) is 1. The SMILES string of the molecule is CC(Cc1cnc2nc(C(C)(C)C)[nH]c2n1)n1nc2ccncc2n1. The molecule has 8 nitrogen and oxygen atoms in total. The van der Waals surface area contributed by atoms with Crippen LogP contribution in [0.4, 0.5) is 0 Å². The van der Waals surface area contributed by atoms with E-state index in [9.17, 15) is 0 Å². The second-order valence-corrected chi connectivity index (χ2v) is 7.31. The Bertz CT molecular complexity index is 1010. The average molecular weight is 336 g/mol. The van der Waals surface area contributed by atoms with Crippen LogP contribution in [-0.4, -0.2) is 39.9 Å². The molecule has 0 aromatic carbocycles. The topological polar surface area (TPSA) is 98.1 Å². The summed E-state index contributed by atoms with van der Waals surface area (Å²) >= 11 is 0. The van der Waals surface area contributed by atoms with Crippen molar-refractivity contribution < 1.29 is 0 Å². The minimum Gasteiger partial charge on any atom is -0.325 e. The van der Waals surface area contributed by atoms with E-state index in [-0.39, 0.29) is 11.5 Å². The maximum absolute atomic E-state index is 4.67. The number of nitrogens with zero attached hydrogens (tertiary/aromatic N) is 7. The Kier molecular flexibility index (Phi) is 3.48. The Hall–Kier alpha value is -2.90. The van der Waals surface area contributed by atoms with Crippen molar-refractivity contribution in [2.75, 3.05) is 0 Å². The van der Waals surface area contributed by atoms with Crippen molar-refractivity contribution in [2.45, 2.75) is 45.6 Å². The lowest BCUT2D eigenvalue weighted by Gasteiger charge is -2.13. The molecule has 1 atom stereocenters. The number of pyridine rings is 1. The van der Waals surface area contributed by atoms with Gasteiger partial charge < -0.3 is 4.98 Å².